The Bertz CT molecular complexity index is 681. The van der Waals surface area contributed by atoms with E-state index in [1.54, 1.807) is 6.07 Å². The minimum Gasteiger partial charge on any atom is -0.313 e. The van der Waals surface area contributed by atoms with E-state index in [1.165, 1.54) is 0 Å². The zero-order valence-electron chi connectivity index (χ0n) is 11.8. The van der Waals surface area contributed by atoms with Gasteiger partial charge in [-0.25, -0.2) is 8.42 Å². The monoisotopic (exact) mass is 292 g/mol. The van der Waals surface area contributed by atoms with Gasteiger partial charge in [0.15, 0.2) is 0 Å². The summed E-state index contributed by atoms with van der Waals surface area (Å²) in [5, 5.41) is 5.21. The normalized spacial score (nSPS) is 11.9. The van der Waals surface area contributed by atoms with Gasteiger partial charge in [-0.2, -0.15) is 0 Å². The molecule has 0 atom stereocenters. The molecule has 0 aliphatic heterocycles. The predicted molar refractivity (Wildman–Crippen MR) is 84.5 cm³/mol. The van der Waals surface area contributed by atoms with Crippen molar-refractivity contribution in [2.45, 2.75) is 19.9 Å². The molecule has 0 heterocycles. The van der Waals surface area contributed by atoms with Crippen molar-refractivity contribution in [3.8, 4) is 0 Å². The second-order valence-corrected chi connectivity index (χ2v) is 6.93. The maximum atomic E-state index is 12.0. The van der Waals surface area contributed by atoms with Crippen LogP contribution < -0.4 is 10.0 Å². The van der Waals surface area contributed by atoms with E-state index in [9.17, 15) is 8.42 Å². The maximum absolute atomic E-state index is 12.0. The van der Waals surface area contributed by atoms with Crippen molar-refractivity contribution in [1.82, 2.24) is 5.32 Å². The molecule has 0 amide bonds. The molecule has 20 heavy (non-hydrogen) atoms. The summed E-state index contributed by atoms with van der Waals surface area (Å²) in [5.74, 6) is 0.0675. The molecular formula is C15H20N2O2S. The van der Waals surface area contributed by atoms with E-state index in [-0.39, 0.29) is 11.8 Å². The van der Waals surface area contributed by atoms with Crippen LogP contribution in [-0.4, -0.2) is 26.8 Å². The van der Waals surface area contributed by atoms with Crippen LogP contribution in [0.5, 0.6) is 0 Å². The zero-order chi connectivity index (χ0) is 14.6. The summed E-state index contributed by atoms with van der Waals surface area (Å²) in [4.78, 5) is 0. The molecule has 2 rings (SSSR count). The van der Waals surface area contributed by atoms with Crippen molar-refractivity contribution >= 4 is 26.5 Å². The van der Waals surface area contributed by atoms with Gasteiger partial charge in [0.2, 0.25) is 10.0 Å². The second-order valence-electron chi connectivity index (χ2n) is 5.09. The predicted octanol–water partition coefficient (Wildman–Crippen LogP) is 2.58. The molecule has 2 aromatic rings. The topological polar surface area (TPSA) is 58.2 Å². The van der Waals surface area contributed by atoms with E-state index in [1.807, 2.05) is 50.2 Å². The van der Waals surface area contributed by atoms with Crippen molar-refractivity contribution in [3.05, 3.63) is 42.5 Å². The fourth-order valence-electron chi connectivity index (χ4n) is 1.97. The van der Waals surface area contributed by atoms with Gasteiger partial charge >= 0.3 is 0 Å². The summed E-state index contributed by atoms with van der Waals surface area (Å²) in [6.45, 7) is 4.42. The molecule has 0 spiro atoms. The number of sulfonamides is 1. The quantitative estimate of drug-likeness (QED) is 0.860. The van der Waals surface area contributed by atoms with Crippen LogP contribution in [0.2, 0.25) is 0 Å². The molecule has 0 aromatic heterocycles. The third kappa shape index (κ3) is 4.21. The maximum Gasteiger partial charge on any atom is 0.233 e. The van der Waals surface area contributed by atoms with Gasteiger partial charge in [0.25, 0.3) is 0 Å². The van der Waals surface area contributed by atoms with Gasteiger partial charge < -0.3 is 5.32 Å². The number of fused-ring (bicyclic) bond motifs is 1. The number of anilines is 1. The zero-order valence-corrected chi connectivity index (χ0v) is 12.6. The molecule has 0 fully saturated rings. The Kier molecular flexibility index (Phi) is 4.62. The van der Waals surface area contributed by atoms with Crippen molar-refractivity contribution in [3.63, 3.8) is 0 Å². The van der Waals surface area contributed by atoms with E-state index in [0.29, 0.717) is 12.2 Å². The van der Waals surface area contributed by atoms with Gasteiger partial charge in [0.1, 0.15) is 0 Å². The molecule has 0 saturated heterocycles. The van der Waals surface area contributed by atoms with E-state index in [0.717, 1.165) is 10.8 Å². The van der Waals surface area contributed by atoms with Crippen molar-refractivity contribution in [2.75, 3.05) is 17.0 Å². The lowest BCUT2D eigenvalue weighted by molar-refractivity contribution is 0.582. The number of benzene rings is 2. The Labute approximate surface area is 120 Å². The highest BCUT2D eigenvalue weighted by atomic mass is 32.2. The Morgan fingerprint density at radius 3 is 2.45 bits per heavy atom. The first-order valence-electron chi connectivity index (χ1n) is 6.69. The standard InChI is InChI=1S/C15H20N2O2S/c1-12(2)16-9-10-20(18,19)17-15-8-7-13-5-3-4-6-14(13)11-15/h3-8,11-12,16-17H,9-10H2,1-2H3. The van der Waals surface area contributed by atoms with Gasteiger partial charge in [-0.3, -0.25) is 4.72 Å². The van der Waals surface area contributed by atoms with Gasteiger partial charge in [-0.1, -0.05) is 44.2 Å². The fraction of sp³-hybridized carbons (Fsp3) is 0.333. The van der Waals surface area contributed by atoms with Crippen molar-refractivity contribution in [2.24, 2.45) is 0 Å². The third-order valence-electron chi connectivity index (χ3n) is 2.95. The van der Waals surface area contributed by atoms with E-state index < -0.39 is 10.0 Å². The summed E-state index contributed by atoms with van der Waals surface area (Å²) < 4.78 is 26.5. The third-order valence-corrected chi connectivity index (χ3v) is 4.23. The van der Waals surface area contributed by atoms with E-state index in [2.05, 4.69) is 10.0 Å². The smallest absolute Gasteiger partial charge is 0.233 e. The average Bonchev–Trinajstić information content (AvgIpc) is 2.37. The molecule has 2 aromatic carbocycles. The van der Waals surface area contributed by atoms with Crippen LogP contribution in [0, 0.1) is 0 Å². The molecule has 0 saturated carbocycles. The molecule has 0 radical (unpaired) electrons. The average molecular weight is 292 g/mol. The molecule has 0 aliphatic carbocycles. The van der Waals surface area contributed by atoms with Crippen LogP contribution in [0.1, 0.15) is 13.8 Å². The highest BCUT2D eigenvalue weighted by Crippen LogP contribution is 2.19. The van der Waals surface area contributed by atoms with Crippen LogP contribution >= 0.6 is 0 Å². The van der Waals surface area contributed by atoms with Crippen molar-refractivity contribution < 1.29 is 8.42 Å². The molecule has 0 unspecified atom stereocenters. The number of hydrogen-bond acceptors (Lipinski definition) is 3. The Morgan fingerprint density at radius 1 is 1.05 bits per heavy atom. The van der Waals surface area contributed by atoms with Crippen LogP contribution in [-0.2, 0) is 10.0 Å². The Hall–Kier alpha value is -1.59. The highest BCUT2D eigenvalue weighted by Gasteiger charge is 2.10. The van der Waals surface area contributed by atoms with Gasteiger partial charge in [-0.15, -0.1) is 0 Å². The minimum absolute atomic E-state index is 0.0675. The largest absolute Gasteiger partial charge is 0.313 e. The molecule has 108 valence electrons. The lowest BCUT2D eigenvalue weighted by Crippen LogP contribution is -2.30. The second kappa shape index (κ2) is 6.24. The molecule has 4 nitrogen and oxygen atoms in total. The molecule has 0 bridgehead atoms. The first-order valence-corrected chi connectivity index (χ1v) is 8.34. The SMILES string of the molecule is CC(C)NCCS(=O)(=O)Nc1ccc2ccccc2c1. The fourth-order valence-corrected chi connectivity index (χ4v) is 2.94. The van der Waals surface area contributed by atoms with Gasteiger partial charge in [0.05, 0.1) is 5.75 Å². The first kappa shape index (κ1) is 14.8. The van der Waals surface area contributed by atoms with Crippen LogP contribution in [0.4, 0.5) is 5.69 Å². The lowest BCUT2D eigenvalue weighted by Gasteiger charge is -2.11. The van der Waals surface area contributed by atoms with E-state index >= 15 is 0 Å². The van der Waals surface area contributed by atoms with Crippen LogP contribution in [0.25, 0.3) is 10.8 Å². The lowest BCUT2D eigenvalue weighted by atomic mass is 10.1. The van der Waals surface area contributed by atoms with Crippen LogP contribution in [0.15, 0.2) is 42.5 Å². The summed E-state index contributed by atoms with van der Waals surface area (Å²) in [7, 11) is -3.31. The van der Waals surface area contributed by atoms with Crippen molar-refractivity contribution in [1.29, 1.82) is 0 Å². The summed E-state index contributed by atoms with van der Waals surface area (Å²) in [6, 6.07) is 13.7. The molecule has 2 N–H and O–H groups in total. The Morgan fingerprint density at radius 2 is 1.75 bits per heavy atom. The number of hydrogen-bond donors (Lipinski definition) is 2. The number of rotatable bonds is 6. The molecule has 5 heteroatoms. The molecular weight excluding hydrogens is 272 g/mol. The highest BCUT2D eigenvalue weighted by molar-refractivity contribution is 7.92. The first-order chi connectivity index (χ1) is 9.46. The van der Waals surface area contributed by atoms with Gasteiger partial charge in [-0.05, 0) is 22.9 Å². The van der Waals surface area contributed by atoms with Crippen LogP contribution in [0.3, 0.4) is 0 Å². The van der Waals surface area contributed by atoms with E-state index in [4.69, 9.17) is 0 Å². The summed E-state index contributed by atoms with van der Waals surface area (Å²) in [6.07, 6.45) is 0. The number of nitrogens with one attached hydrogen (secondary N) is 2. The minimum atomic E-state index is -3.31. The molecule has 0 aliphatic rings. The Balaban J connectivity index is 2.07. The van der Waals surface area contributed by atoms with Gasteiger partial charge in [0, 0.05) is 18.3 Å². The summed E-state index contributed by atoms with van der Waals surface area (Å²) in [5.41, 5.74) is 0.605. The summed E-state index contributed by atoms with van der Waals surface area (Å²) >= 11 is 0.